The van der Waals surface area contributed by atoms with E-state index in [1.54, 1.807) is 20.2 Å². The molecule has 0 bridgehead atoms. The number of amides is 1. The summed E-state index contributed by atoms with van der Waals surface area (Å²) in [5, 5.41) is 3.28. The molecule has 9 heteroatoms. The van der Waals surface area contributed by atoms with Crippen molar-refractivity contribution >= 4 is 28.6 Å². The number of anilines is 2. The average molecular weight is 489 g/mol. The van der Waals surface area contributed by atoms with Gasteiger partial charge in [0.15, 0.2) is 0 Å². The third-order valence-electron chi connectivity index (χ3n) is 6.42. The van der Waals surface area contributed by atoms with Gasteiger partial charge in [-0.15, -0.1) is 13.2 Å². The van der Waals surface area contributed by atoms with Gasteiger partial charge in [-0.05, 0) is 73.1 Å². The van der Waals surface area contributed by atoms with Crippen LogP contribution in [0.4, 0.5) is 24.8 Å². The van der Waals surface area contributed by atoms with Gasteiger partial charge in [-0.25, -0.2) is 4.98 Å². The highest BCUT2D eigenvalue weighted by atomic mass is 19.4. The van der Waals surface area contributed by atoms with Crippen LogP contribution in [0.1, 0.15) is 56.4 Å². The second-order valence-corrected chi connectivity index (χ2v) is 10.5. The first-order chi connectivity index (χ1) is 16.3. The summed E-state index contributed by atoms with van der Waals surface area (Å²) in [5.41, 5.74) is 2.91. The van der Waals surface area contributed by atoms with E-state index in [9.17, 15) is 18.0 Å². The molecule has 3 aromatic rings. The smallest absolute Gasteiger partial charge is 0.406 e. The number of imidazole rings is 1. The van der Waals surface area contributed by atoms with Crippen molar-refractivity contribution in [2.75, 3.05) is 19.4 Å². The predicted molar refractivity (Wildman–Crippen MR) is 130 cm³/mol. The van der Waals surface area contributed by atoms with Gasteiger partial charge in [0.1, 0.15) is 5.75 Å². The molecule has 1 fully saturated rings. The molecular formula is C26H31F3N4O2. The number of hydrogen-bond acceptors (Lipinski definition) is 4. The molecule has 0 radical (unpaired) electrons. The van der Waals surface area contributed by atoms with Crippen LogP contribution < -0.4 is 10.1 Å². The minimum absolute atomic E-state index is 0.0910. The Kier molecular flexibility index (Phi) is 6.46. The van der Waals surface area contributed by atoms with E-state index in [1.165, 1.54) is 29.2 Å². The van der Waals surface area contributed by atoms with Crippen LogP contribution in [0.5, 0.6) is 5.75 Å². The SMILES string of the molecule is C[C@@H]1C[C@@H](n2c(Nc3ccc(OC(F)(F)F)cc3)nc3ccc(C(=O)N(C)C)cc32)CC(C)(C)C1. The van der Waals surface area contributed by atoms with E-state index in [0.29, 0.717) is 23.1 Å². The molecule has 1 aliphatic carbocycles. The maximum Gasteiger partial charge on any atom is 0.573 e. The highest BCUT2D eigenvalue weighted by Gasteiger charge is 2.35. The molecule has 0 aliphatic heterocycles. The first-order valence-electron chi connectivity index (χ1n) is 11.7. The topological polar surface area (TPSA) is 59.4 Å². The first-order valence-corrected chi connectivity index (χ1v) is 11.7. The maximum atomic E-state index is 12.6. The first kappa shape index (κ1) is 24.9. The zero-order chi connectivity index (χ0) is 25.5. The van der Waals surface area contributed by atoms with E-state index < -0.39 is 6.36 Å². The molecule has 2 atom stereocenters. The van der Waals surface area contributed by atoms with E-state index in [4.69, 9.17) is 4.98 Å². The predicted octanol–water partition coefficient (Wildman–Crippen LogP) is 6.77. The van der Waals surface area contributed by atoms with Gasteiger partial charge >= 0.3 is 6.36 Å². The Bertz CT molecular complexity index is 1220. The second-order valence-electron chi connectivity index (χ2n) is 10.5. The molecule has 0 spiro atoms. The summed E-state index contributed by atoms with van der Waals surface area (Å²) in [6.45, 7) is 6.78. The lowest BCUT2D eigenvalue weighted by Crippen LogP contribution is -2.30. The molecule has 0 unspecified atom stereocenters. The second kappa shape index (κ2) is 9.09. The fourth-order valence-corrected chi connectivity index (χ4v) is 5.30. The lowest BCUT2D eigenvalue weighted by molar-refractivity contribution is -0.274. The third-order valence-corrected chi connectivity index (χ3v) is 6.42. The number of carbonyl (C=O) groups is 1. The van der Waals surface area contributed by atoms with Crippen LogP contribution in [0, 0.1) is 11.3 Å². The monoisotopic (exact) mass is 488 g/mol. The molecule has 188 valence electrons. The molecule has 1 amide bonds. The average Bonchev–Trinajstić information content (AvgIpc) is 3.09. The summed E-state index contributed by atoms with van der Waals surface area (Å²) in [6, 6.07) is 11.2. The molecule has 35 heavy (non-hydrogen) atoms. The summed E-state index contributed by atoms with van der Waals surface area (Å²) in [4.78, 5) is 19.0. The van der Waals surface area contributed by atoms with Crippen molar-refractivity contribution in [1.82, 2.24) is 14.5 Å². The molecule has 1 aliphatic rings. The van der Waals surface area contributed by atoms with Crippen LogP contribution in [0.15, 0.2) is 42.5 Å². The fourth-order valence-electron chi connectivity index (χ4n) is 5.30. The van der Waals surface area contributed by atoms with E-state index in [1.807, 2.05) is 12.1 Å². The summed E-state index contributed by atoms with van der Waals surface area (Å²) < 4.78 is 43.7. The molecule has 4 rings (SSSR count). The molecule has 1 saturated carbocycles. The van der Waals surface area contributed by atoms with Gasteiger partial charge in [-0.3, -0.25) is 4.79 Å². The quantitative estimate of drug-likeness (QED) is 0.431. The van der Waals surface area contributed by atoms with Crippen molar-refractivity contribution in [2.24, 2.45) is 11.3 Å². The van der Waals surface area contributed by atoms with Gasteiger partial charge in [0.05, 0.1) is 11.0 Å². The molecular weight excluding hydrogens is 457 g/mol. The summed E-state index contributed by atoms with van der Waals surface area (Å²) in [6.07, 6.45) is -1.70. The van der Waals surface area contributed by atoms with Crippen molar-refractivity contribution < 1.29 is 22.7 Å². The van der Waals surface area contributed by atoms with E-state index in [0.717, 1.165) is 30.3 Å². The van der Waals surface area contributed by atoms with Crippen LogP contribution in [-0.4, -0.2) is 40.8 Å². The highest BCUT2D eigenvalue weighted by molar-refractivity contribution is 5.97. The Morgan fingerprint density at radius 2 is 1.83 bits per heavy atom. The van der Waals surface area contributed by atoms with Crippen LogP contribution in [0.2, 0.25) is 0 Å². The van der Waals surface area contributed by atoms with E-state index in [2.05, 4.69) is 35.4 Å². The van der Waals surface area contributed by atoms with Crippen LogP contribution in [-0.2, 0) is 0 Å². The number of hydrogen-bond donors (Lipinski definition) is 1. The summed E-state index contributed by atoms with van der Waals surface area (Å²) in [7, 11) is 3.43. The molecule has 1 aromatic heterocycles. The standard InChI is InChI=1S/C26H31F3N4O2/c1-16-12-19(15-25(2,3)14-16)33-22-13-17(23(34)32(4)5)6-11-21(22)31-24(33)30-18-7-9-20(10-8-18)35-26(27,28)29/h6-11,13,16,19H,12,14-15H2,1-5H3,(H,30,31)/t16-,19-/m1/s1. The van der Waals surface area contributed by atoms with Crippen molar-refractivity contribution in [3.8, 4) is 5.75 Å². The van der Waals surface area contributed by atoms with Crippen molar-refractivity contribution in [1.29, 1.82) is 0 Å². The summed E-state index contributed by atoms with van der Waals surface area (Å²) >= 11 is 0. The molecule has 0 saturated heterocycles. The van der Waals surface area contributed by atoms with E-state index in [-0.39, 0.29) is 23.1 Å². The van der Waals surface area contributed by atoms with Crippen LogP contribution in [0.25, 0.3) is 11.0 Å². The normalized spacial score (nSPS) is 20.0. The molecule has 1 N–H and O–H groups in total. The van der Waals surface area contributed by atoms with Crippen molar-refractivity contribution in [3.63, 3.8) is 0 Å². The Hall–Kier alpha value is -3.23. The van der Waals surface area contributed by atoms with Gasteiger partial charge in [-0.1, -0.05) is 20.8 Å². The summed E-state index contributed by atoms with van der Waals surface area (Å²) in [5.74, 6) is 0.728. The number of aromatic nitrogens is 2. The number of nitrogens with one attached hydrogen (secondary N) is 1. The largest absolute Gasteiger partial charge is 0.573 e. The molecule has 1 heterocycles. The van der Waals surface area contributed by atoms with Crippen LogP contribution in [0.3, 0.4) is 0 Å². The van der Waals surface area contributed by atoms with Crippen molar-refractivity contribution in [3.05, 3.63) is 48.0 Å². The Labute approximate surface area is 203 Å². The van der Waals surface area contributed by atoms with Gasteiger partial charge < -0.3 is 19.5 Å². The Morgan fingerprint density at radius 3 is 2.43 bits per heavy atom. The van der Waals surface area contributed by atoms with Gasteiger partial charge in [0.25, 0.3) is 5.91 Å². The van der Waals surface area contributed by atoms with E-state index >= 15 is 0 Å². The third kappa shape index (κ3) is 5.71. The van der Waals surface area contributed by atoms with Crippen molar-refractivity contribution in [2.45, 2.75) is 52.4 Å². The van der Waals surface area contributed by atoms with Gasteiger partial charge in [0, 0.05) is 31.4 Å². The Balaban J connectivity index is 1.76. The number of alkyl halides is 3. The van der Waals surface area contributed by atoms with Crippen LogP contribution >= 0.6 is 0 Å². The Morgan fingerprint density at radius 1 is 1.14 bits per heavy atom. The molecule has 2 aromatic carbocycles. The van der Waals surface area contributed by atoms with Gasteiger partial charge in [-0.2, -0.15) is 0 Å². The zero-order valence-corrected chi connectivity index (χ0v) is 20.6. The lowest BCUT2D eigenvalue weighted by Gasteiger charge is -2.40. The zero-order valence-electron chi connectivity index (χ0n) is 20.6. The maximum absolute atomic E-state index is 12.6. The number of rotatable bonds is 5. The van der Waals surface area contributed by atoms with Gasteiger partial charge in [0.2, 0.25) is 5.95 Å². The number of benzene rings is 2. The highest BCUT2D eigenvalue weighted by Crippen LogP contribution is 2.46. The molecule has 6 nitrogen and oxygen atoms in total. The number of nitrogens with zero attached hydrogens (tertiary/aromatic N) is 3. The lowest BCUT2D eigenvalue weighted by atomic mass is 9.70. The number of fused-ring (bicyclic) bond motifs is 1. The number of carbonyl (C=O) groups excluding carboxylic acids is 1. The fraction of sp³-hybridized carbons (Fsp3) is 0.462. The minimum atomic E-state index is -4.74. The minimum Gasteiger partial charge on any atom is -0.406 e. The number of halogens is 3. The number of ether oxygens (including phenoxy) is 1.